The van der Waals surface area contributed by atoms with Crippen molar-refractivity contribution in [1.82, 2.24) is 24.1 Å². The van der Waals surface area contributed by atoms with Gasteiger partial charge in [0.2, 0.25) is 10.0 Å². The van der Waals surface area contributed by atoms with Gasteiger partial charge in [0, 0.05) is 37.1 Å². The summed E-state index contributed by atoms with van der Waals surface area (Å²) in [4.78, 5) is 12.1. The van der Waals surface area contributed by atoms with E-state index in [4.69, 9.17) is 33.2 Å². The van der Waals surface area contributed by atoms with E-state index in [1.54, 1.807) is 35.1 Å². The first kappa shape index (κ1) is 25.0. The van der Waals surface area contributed by atoms with Crippen LogP contribution in [0.2, 0.25) is 10.0 Å². The highest BCUT2D eigenvalue weighted by molar-refractivity contribution is 7.89. The Morgan fingerprint density at radius 1 is 0.972 bits per heavy atom. The molecule has 0 N–H and O–H groups in total. The Labute approximate surface area is 220 Å². The summed E-state index contributed by atoms with van der Waals surface area (Å²) in [5, 5.41) is 6.48. The van der Waals surface area contributed by atoms with E-state index >= 15 is 0 Å². The van der Waals surface area contributed by atoms with E-state index in [1.807, 2.05) is 24.3 Å². The van der Waals surface area contributed by atoms with Crippen LogP contribution in [0.25, 0.3) is 16.7 Å². The largest absolute Gasteiger partial charge is 0.353 e. The van der Waals surface area contributed by atoms with Gasteiger partial charge in [0.1, 0.15) is 11.6 Å². The normalized spacial score (nSPS) is 15.9. The third-order valence-corrected chi connectivity index (χ3v) is 9.03. The molecule has 3 heterocycles. The molecule has 2 aromatic heterocycles. The van der Waals surface area contributed by atoms with Crippen LogP contribution in [-0.4, -0.2) is 58.7 Å². The fourth-order valence-corrected chi connectivity index (χ4v) is 6.01. The van der Waals surface area contributed by atoms with E-state index in [2.05, 4.69) is 23.8 Å². The van der Waals surface area contributed by atoms with Crippen LogP contribution in [0.15, 0.2) is 59.6 Å². The van der Waals surface area contributed by atoms with Gasteiger partial charge in [-0.15, -0.1) is 0 Å². The van der Waals surface area contributed by atoms with Crippen LogP contribution in [0, 0.1) is 0 Å². The summed E-state index contributed by atoms with van der Waals surface area (Å²) < 4.78 is 29.5. The zero-order valence-electron chi connectivity index (χ0n) is 20.0. The number of para-hydroxylation sites is 1. The zero-order valence-corrected chi connectivity index (χ0v) is 22.3. The van der Waals surface area contributed by atoms with Crippen molar-refractivity contribution in [2.75, 3.05) is 31.1 Å². The Balaban J connectivity index is 1.49. The first-order valence-electron chi connectivity index (χ1n) is 11.8. The molecule has 8 nitrogen and oxygen atoms in total. The van der Waals surface area contributed by atoms with Gasteiger partial charge in [0.05, 0.1) is 27.2 Å². The first-order valence-corrected chi connectivity index (χ1v) is 14.0. The van der Waals surface area contributed by atoms with Crippen molar-refractivity contribution >= 4 is 50.1 Å². The molecule has 1 atom stereocenters. The highest BCUT2D eigenvalue weighted by Gasteiger charge is 2.30. The molecule has 0 radical (unpaired) electrons. The van der Waals surface area contributed by atoms with Crippen LogP contribution in [0.4, 0.5) is 5.82 Å². The number of nitrogens with zero attached hydrogens (tertiary/aromatic N) is 6. The molecule has 0 unspecified atom stereocenters. The van der Waals surface area contributed by atoms with Crippen LogP contribution in [0.3, 0.4) is 0 Å². The predicted octanol–water partition coefficient (Wildman–Crippen LogP) is 5.15. The van der Waals surface area contributed by atoms with Gasteiger partial charge in [-0.3, -0.25) is 0 Å². The molecular formula is C25H26Cl2N6O2S. The van der Waals surface area contributed by atoms with Gasteiger partial charge in [-0.25, -0.2) is 23.1 Å². The minimum atomic E-state index is -3.60. The Morgan fingerprint density at radius 3 is 2.33 bits per heavy atom. The van der Waals surface area contributed by atoms with Gasteiger partial charge in [-0.1, -0.05) is 49.2 Å². The summed E-state index contributed by atoms with van der Waals surface area (Å²) >= 11 is 12.4. The summed E-state index contributed by atoms with van der Waals surface area (Å²) in [6.45, 7) is 5.87. The molecule has 4 aromatic rings. The number of halogens is 2. The molecule has 5 rings (SSSR count). The minimum absolute atomic E-state index is 0.148. The lowest BCUT2D eigenvalue weighted by molar-refractivity contribution is 0.384. The van der Waals surface area contributed by atoms with Gasteiger partial charge < -0.3 is 4.90 Å². The zero-order chi connectivity index (χ0) is 25.4. The van der Waals surface area contributed by atoms with Crippen molar-refractivity contribution < 1.29 is 8.42 Å². The van der Waals surface area contributed by atoms with Gasteiger partial charge in [-0.2, -0.15) is 9.40 Å². The van der Waals surface area contributed by atoms with E-state index in [-0.39, 0.29) is 10.8 Å². The number of rotatable bonds is 6. The standard InChI is InChI=1S/C25H26Cl2N6O2S/c1-3-17(2)23-29-24(20-16-28-33(25(20)30-23)22-7-5-4-6-21(22)27)31-12-14-32(15-13-31)36(34,35)19-10-8-18(26)9-11-19/h4-11,16-17H,3,12-15H2,1-2H3/t17-/m1/s1. The van der Waals surface area contributed by atoms with E-state index in [1.165, 1.54) is 4.31 Å². The van der Waals surface area contributed by atoms with E-state index in [0.29, 0.717) is 41.9 Å². The number of benzene rings is 2. The fraction of sp³-hybridized carbons (Fsp3) is 0.320. The minimum Gasteiger partial charge on any atom is -0.353 e. The molecule has 36 heavy (non-hydrogen) atoms. The molecular weight excluding hydrogens is 519 g/mol. The van der Waals surface area contributed by atoms with Crippen molar-refractivity contribution in [2.24, 2.45) is 0 Å². The number of sulfonamides is 1. The van der Waals surface area contributed by atoms with Crippen LogP contribution in [-0.2, 0) is 10.0 Å². The van der Waals surface area contributed by atoms with Gasteiger partial charge in [0.15, 0.2) is 5.65 Å². The van der Waals surface area contributed by atoms with Crippen LogP contribution >= 0.6 is 23.2 Å². The van der Waals surface area contributed by atoms with Crippen molar-refractivity contribution in [3.8, 4) is 5.69 Å². The molecule has 11 heteroatoms. The second-order valence-corrected chi connectivity index (χ2v) is 11.6. The van der Waals surface area contributed by atoms with Crippen molar-refractivity contribution in [3.63, 3.8) is 0 Å². The Bertz CT molecular complexity index is 1500. The third-order valence-electron chi connectivity index (χ3n) is 6.55. The highest BCUT2D eigenvalue weighted by atomic mass is 35.5. The molecule has 1 saturated heterocycles. The summed E-state index contributed by atoms with van der Waals surface area (Å²) in [5.41, 5.74) is 1.42. The molecule has 1 aliphatic heterocycles. The van der Waals surface area contributed by atoms with Gasteiger partial charge in [0.25, 0.3) is 0 Å². The lowest BCUT2D eigenvalue weighted by Crippen LogP contribution is -2.49. The Morgan fingerprint density at radius 2 is 1.67 bits per heavy atom. The van der Waals surface area contributed by atoms with Crippen LogP contribution in [0.5, 0.6) is 0 Å². The summed E-state index contributed by atoms with van der Waals surface area (Å²) in [6, 6.07) is 13.8. The average molecular weight is 545 g/mol. The van der Waals surface area contributed by atoms with Crippen LogP contribution < -0.4 is 4.90 Å². The number of aromatic nitrogens is 4. The Kier molecular flexibility index (Phi) is 6.91. The lowest BCUT2D eigenvalue weighted by atomic mass is 10.1. The van der Waals surface area contributed by atoms with Crippen LogP contribution in [0.1, 0.15) is 32.0 Å². The number of piperazine rings is 1. The maximum atomic E-state index is 13.1. The second-order valence-electron chi connectivity index (χ2n) is 8.80. The number of hydrogen-bond donors (Lipinski definition) is 0. The van der Waals surface area contributed by atoms with Crippen molar-refractivity contribution in [1.29, 1.82) is 0 Å². The SMILES string of the molecule is CC[C@@H](C)c1nc(N2CCN(S(=O)(=O)c3ccc(Cl)cc3)CC2)c2cnn(-c3ccccc3Cl)c2n1. The maximum absolute atomic E-state index is 13.1. The molecule has 0 amide bonds. The molecule has 2 aromatic carbocycles. The first-order chi connectivity index (χ1) is 17.3. The van der Waals surface area contributed by atoms with Gasteiger partial charge in [-0.05, 0) is 42.8 Å². The number of hydrogen-bond acceptors (Lipinski definition) is 6. The topological polar surface area (TPSA) is 84.2 Å². The molecule has 0 saturated carbocycles. The lowest BCUT2D eigenvalue weighted by Gasteiger charge is -2.35. The maximum Gasteiger partial charge on any atom is 0.243 e. The number of anilines is 1. The number of fused-ring (bicyclic) bond motifs is 1. The van der Waals surface area contributed by atoms with E-state index in [0.717, 1.165) is 29.1 Å². The predicted molar refractivity (Wildman–Crippen MR) is 143 cm³/mol. The highest BCUT2D eigenvalue weighted by Crippen LogP contribution is 2.31. The molecule has 188 valence electrons. The third kappa shape index (κ3) is 4.56. The van der Waals surface area contributed by atoms with Crippen molar-refractivity contribution in [3.05, 3.63) is 70.6 Å². The molecule has 0 bridgehead atoms. The quantitative estimate of drug-likeness (QED) is 0.334. The van der Waals surface area contributed by atoms with E-state index in [9.17, 15) is 8.42 Å². The summed E-state index contributed by atoms with van der Waals surface area (Å²) in [6.07, 6.45) is 2.64. The monoisotopic (exact) mass is 544 g/mol. The molecule has 1 fully saturated rings. The Hall–Kier alpha value is -2.72. The van der Waals surface area contributed by atoms with Crippen molar-refractivity contribution in [2.45, 2.75) is 31.1 Å². The van der Waals surface area contributed by atoms with E-state index < -0.39 is 10.0 Å². The summed E-state index contributed by atoms with van der Waals surface area (Å²) in [5.74, 6) is 1.64. The second kappa shape index (κ2) is 9.97. The fourth-order valence-electron chi connectivity index (χ4n) is 4.25. The summed E-state index contributed by atoms with van der Waals surface area (Å²) in [7, 11) is -3.60. The molecule has 1 aliphatic rings. The smallest absolute Gasteiger partial charge is 0.243 e. The molecule has 0 aliphatic carbocycles. The average Bonchev–Trinajstić information content (AvgIpc) is 3.32. The van der Waals surface area contributed by atoms with Gasteiger partial charge >= 0.3 is 0 Å². The molecule has 0 spiro atoms.